The summed E-state index contributed by atoms with van der Waals surface area (Å²) in [6, 6.07) is 14.7. The highest BCUT2D eigenvalue weighted by atomic mass is 35.5. The highest BCUT2D eigenvalue weighted by Crippen LogP contribution is 2.37. The number of aromatic nitrogens is 3. The van der Waals surface area contributed by atoms with Gasteiger partial charge in [0.1, 0.15) is 11.5 Å². The Kier molecular flexibility index (Phi) is 5.05. The number of hydrogen-bond donors (Lipinski definition) is 0. The van der Waals surface area contributed by atoms with Gasteiger partial charge in [-0.05, 0) is 66.9 Å². The van der Waals surface area contributed by atoms with Crippen LogP contribution >= 0.6 is 12.4 Å². The van der Waals surface area contributed by atoms with Gasteiger partial charge >= 0.3 is 0 Å². The number of benzene rings is 1. The molecule has 0 N–H and O–H groups in total. The van der Waals surface area contributed by atoms with Crippen LogP contribution in [0, 0.1) is 12.7 Å². The van der Waals surface area contributed by atoms with Crippen LogP contribution in [0.5, 0.6) is 0 Å². The van der Waals surface area contributed by atoms with E-state index >= 15 is 0 Å². The molecule has 0 bridgehead atoms. The van der Waals surface area contributed by atoms with Crippen LogP contribution in [-0.4, -0.2) is 14.6 Å². The van der Waals surface area contributed by atoms with E-state index in [0.717, 1.165) is 40.0 Å². The molecule has 26 heavy (non-hydrogen) atoms. The summed E-state index contributed by atoms with van der Waals surface area (Å²) in [4.78, 5) is 4.13. The van der Waals surface area contributed by atoms with Crippen molar-refractivity contribution < 1.29 is 4.39 Å². The zero-order valence-electron chi connectivity index (χ0n) is 14.6. The molecule has 132 valence electrons. The molecular weight excluding hydrogens is 349 g/mol. The molecule has 0 radical (unpaired) electrons. The van der Waals surface area contributed by atoms with Crippen molar-refractivity contribution in [1.82, 2.24) is 14.6 Å². The van der Waals surface area contributed by atoms with Gasteiger partial charge in [-0.2, -0.15) is 5.10 Å². The van der Waals surface area contributed by atoms with E-state index in [0.29, 0.717) is 0 Å². The third-order valence-electron chi connectivity index (χ3n) is 4.52. The Labute approximate surface area is 157 Å². The summed E-state index contributed by atoms with van der Waals surface area (Å²) in [5.74, 6) is -0.247. The topological polar surface area (TPSA) is 30.2 Å². The molecule has 3 heterocycles. The van der Waals surface area contributed by atoms with Crippen molar-refractivity contribution in [2.75, 3.05) is 0 Å². The molecule has 0 atom stereocenters. The van der Waals surface area contributed by atoms with Gasteiger partial charge in [0.05, 0.1) is 5.52 Å². The molecule has 3 nitrogen and oxygen atoms in total. The summed E-state index contributed by atoms with van der Waals surface area (Å²) in [7, 11) is 0. The molecule has 0 unspecified atom stereocenters. The minimum absolute atomic E-state index is 0. The lowest BCUT2D eigenvalue weighted by atomic mass is 9.98. The summed E-state index contributed by atoms with van der Waals surface area (Å²) in [6.07, 6.45) is 4.49. The molecule has 0 aliphatic carbocycles. The van der Waals surface area contributed by atoms with Crippen LogP contribution in [0.25, 0.3) is 27.9 Å². The van der Waals surface area contributed by atoms with E-state index in [-0.39, 0.29) is 18.2 Å². The van der Waals surface area contributed by atoms with Gasteiger partial charge in [-0.25, -0.2) is 8.91 Å². The number of nitrogens with zero attached hydrogens (tertiary/aromatic N) is 3. The van der Waals surface area contributed by atoms with E-state index in [4.69, 9.17) is 5.10 Å². The highest BCUT2D eigenvalue weighted by molar-refractivity contribution is 5.93. The summed E-state index contributed by atoms with van der Waals surface area (Å²) in [6.45, 7) is 4.19. The largest absolute Gasteiger partial charge is 0.265 e. The predicted octanol–water partition coefficient (Wildman–Crippen LogP) is 5.50. The second-order valence-corrected chi connectivity index (χ2v) is 6.08. The van der Waals surface area contributed by atoms with Crippen LogP contribution in [0.15, 0.2) is 60.9 Å². The van der Waals surface area contributed by atoms with Crippen molar-refractivity contribution in [1.29, 1.82) is 0 Å². The zero-order chi connectivity index (χ0) is 17.4. The Morgan fingerprint density at radius 2 is 1.62 bits per heavy atom. The first kappa shape index (κ1) is 18.1. The Morgan fingerprint density at radius 3 is 2.27 bits per heavy atom. The number of rotatable bonds is 3. The molecule has 4 aromatic rings. The lowest BCUT2D eigenvalue weighted by Crippen LogP contribution is -1.96. The summed E-state index contributed by atoms with van der Waals surface area (Å²) < 4.78 is 15.4. The van der Waals surface area contributed by atoms with Gasteiger partial charge in [0, 0.05) is 29.2 Å². The quantitative estimate of drug-likeness (QED) is 0.479. The van der Waals surface area contributed by atoms with Crippen LogP contribution in [0.1, 0.15) is 18.2 Å². The molecule has 0 spiro atoms. The SMILES string of the molecule is CCc1ccc(C)n2nc(-c3ccc(F)cc3)c(-c3ccncc3)c12.Cl. The average molecular weight is 368 g/mol. The fraction of sp³-hybridized carbons (Fsp3) is 0.143. The molecule has 0 fully saturated rings. The van der Waals surface area contributed by atoms with Crippen LogP contribution < -0.4 is 0 Å². The zero-order valence-corrected chi connectivity index (χ0v) is 15.4. The molecule has 0 saturated heterocycles. The fourth-order valence-corrected chi connectivity index (χ4v) is 3.23. The van der Waals surface area contributed by atoms with Gasteiger partial charge in [0.25, 0.3) is 0 Å². The van der Waals surface area contributed by atoms with E-state index in [1.807, 2.05) is 23.6 Å². The van der Waals surface area contributed by atoms with Gasteiger partial charge < -0.3 is 0 Å². The Morgan fingerprint density at radius 1 is 0.923 bits per heavy atom. The maximum Gasteiger partial charge on any atom is 0.123 e. The minimum Gasteiger partial charge on any atom is -0.265 e. The highest BCUT2D eigenvalue weighted by Gasteiger charge is 2.19. The van der Waals surface area contributed by atoms with Crippen LogP contribution in [0.2, 0.25) is 0 Å². The molecule has 0 aliphatic heterocycles. The Bertz CT molecular complexity index is 1040. The van der Waals surface area contributed by atoms with E-state index in [1.54, 1.807) is 24.5 Å². The third kappa shape index (κ3) is 2.97. The normalized spacial score (nSPS) is 10.7. The van der Waals surface area contributed by atoms with Crippen molar-refractivity contribution in [2.45, 2.75) is 20.3 Å². The van der Waals surface area contributed by atoms with E-state index in [2.05, 4.69) is 24.0 Å². The molecule has 4 rings (SSSR count). The van der Waals surface area contributed by atoms with Crippen molar-refractivity contribution in [3.63, 3.8) is 0 Å². The van der Waals surface area contributed by atoms with E-state index < -0.39 is 0 Å². The maximum absolute atomic E-state index is 13.4. The Hall–Kier alpha value is -2.72. The predicted molar refractivity (Wildman–Crippen MR) is 105 cm³/mol. The van der Waals surface area contributed by atoms with Crippen LogP contribution in [-0.2, 0) is 6.42 Å². The number of hydrogen-bond acceptors (Lipinski definition) is 2. The second kappa shape index (κ2) is 7.26. The van der Waals surface area contributed by atoms with Crippen molar-refractivity contribution in [3.8, 4) is 22.4 Å². The number of halogens is 2. The monoisotopic (exact) mass is 367 g/mol. The van der Waals surface area contributed by atoms with E-state index in [9.17, 15) is 4.39 Å². The molecule has 1 aromatic carbocycles. The van der Waals surface area contributed by atoms with Crippen molar-refractivity contribution in [2.24, 2.45) is 0 Å². The first-order chi connectivity index (χ1) is 12.2. The minimum atomic E-state index is -0.247. The molecule has 5 heteroatoms. The standard InChI is InChI=1S/C21H18FN3.ClH/c1-3-15-5-4-14(2)25-21(15)19(16-10-12-23-13-11-16)20(24-25)17-6-8-18(22)9-7-17;/h4-13H,3H2,1-2H3;1H. The lowest BCUT2D eigenvalue weighted by Gasteiger charge is -2.07. The smallest absolute Gasteiger partial charge is 0.123 e. The second-order valence-electron chi connectivity index (χ2n) is 6.08. The van der Waals surface area contributed by atoms with Gasteiger partial charge in [-0.1, -0.05) is 13.0 Å². The fourth-order valence-electron chi connectivity index (χ4n) is 3.23. The molecular formula is C21H19ClFN3. The summed E-state index contributed by atoms with van der Waals surface area (Å²) in [5.41, 5.74) is 7.29. The third-order valence-corrected chi connectivity index (χ3v) is 4.52. The average Bonchev–Trinajstić information content (AvgIpc) is 3.05. The lowest BCUT2D eigenvalue weighted by molar-refractivity contribution is 0.628. The number of aryl methyl sites for hydroxylation is 2. The van der Waals surface area contributed by atoms with Gasteiger partial charge in [0.2, 0.25) is 0 Å². The van der Waals surface area contributed by atoms with E-state index in [1.165, 1.54) is 17.7 Å². The molecule has 3 aromatic heterocycles. The maximum atomic E-state index is 13.4. The van der Waals surface area contributed by atoms with Gasteiger partial charge in [-0.15, -0.1) is 12.4 Å². The molecule has 0 amide bonds. The number of pyridine rings is 2. The first-order valence-electron chi connectivity index (χ1n) is 8.36. The first-order valence-corrected chi connectivity index (χ1v) is 8.36. The van der Waals surface area contributed by atoms with Gasteiger partial charge in [0.15, 0.2) is 0 Å². The molecule has 0 aliphatic rings. The molecule has 0 saturated carbocycles. The summed E-state index contributed by atoms with van der Waals surface area (Å²) >= 11 is 0. The van der Waals surface area contributed by atoms with Crippen molar-refractivity contribution in [3.05, 3.63) is 78.0 Å². The number of fused-ring (bicyclic) bond motifs is 1. The van der Waals surface area contributed by atoms with Gasteiger partial charge in [-0.3, -0.25) is 4.98 Å². The van der Waals surface area contributed by atoms with Crippen LogP contribution in [0.3, 0.4) is 0 Å². The van der Waals surface area contributed by atoms with Crippen molar-refractivity contribution >= 4 is 17.9 Å². The Balaban J connectivity index is 0.00000196. The van der Waals surface area contributed by atoms with Crippen LogP contribution in [0.4, 0.5) is 4.39 Å². The summed E-state index contributed by atoms with van der Waals surface area (Å²) in [5, 5.41) is 4.87.